The normalized spacial score (nSPS) is 12.5. The van der Waals surface area contributed by atoms with Crippen molar-refractivity contribution >= 4 is 11.8 Å². The number of aryl methyl sites for hydroxylation is 1. The molecule has 0 aliphatic heterocycles. The zero-order chi connectivity index (χ0) is 22.1. The molecule has 0 radical (unpaired) electrons. The van der Waals surface area contributed by atoms with Crippen molar-refractivity contribution < 1.29 is 9.53 Å². The van der Waals surface area contributed by atoms with E-state index in [1.807, 2.05) is 20.8 Å². The van der Waals surface area contributed by atoms with Crippen LogP contribution in [-0.2, 0) is 11.2 Å². The maximum absolute atomic E-state index is 12.2. The minimum absolute atomic E-state index is 0.00522. The fraction of sp³-hybridized carbons (Fsp3) is 0.500. The van der Waals surface area contributed by atoms with Gasteiger partial charge in [0.1, 0.15) is 5.60 Å². The van der Waals surface area contributed by atoms with E-state index >= 15 is 0 Å². The summed E-state index contributed by atoms with van der Waals surface area (Å²) in [6.07, 6.45) is 2.81. The van der Waals surface area contributed by atoms with Gasteiger partial charge in [-0.05, 0) is 68.4 Å². The molecule has 1 unspecified atom stereocenters. The topological polar surface area (TPSA) is 50.4 Å². The molecule has 1 atom stereocenters. The number of rotatable bonds is 9. The third-order valence-corrected chi connectivity index (χ3v) is 4.74. The minimum atomic E-state index is -0.496. The van der Waals surface area contributed by atoms with Crippen molar-refractivity contribution in [2.75, 3.05) is 11.9 Å². The molecule has 2 aromatic carbocycles. The molecule has 0 heterocycles. The minimum Gasteiger partial charge on any atom is -0.444 e. The number of carbonyl (C=O) groups is 1. The average Bonchev–Trinajstić information content (AvgIpc) is 2.65. The summed E-state index contributed by atoms with van der Waals surface area (Å²) in [6, 6.07) is 17.3. The zero-order valence-electron chi connectivity index (χ0n) is 19.4. The highest BCUT2D eigenvalue weighted by molar-refractivity contribution is 5.68. The summed E-state index contributed by atoms with van der Waals surface area (Å²) < 4.78 is 5.41. The van der Waals surface area contributed by atoms with Gasteiger partial charge in [-0.15, -0.1) is 0 Å². The number of benzene rings is 2. The molecule has 164 valence electrons. The van der Waals surface area contributed by atoms with Gasteiger partial charge in [0.05, 0.1) is 0 Å². The van der Waals surface area contributed by atoms with Gasteiger partial charge in [0, 0.05) is 18.3 Å². The lowest BCUT2D eigenvalue weighted by molar-refractivity contribution is 0.0502. The molecule has 0 aliphatic carbocycles. The number of hydrogen-bond donors (Lipinski definition) is 2. The zero-order valence-corrected chi connectivity index (χ0v) is 19.4. The molecule has 0 spiro atoms. The SMILES string of the molecule is CCCc1ccc(-c2ccc(NCC(CC(C)C)NC(=O)OC(C)(C)C)cc2)cc1. The van der Waals surface area contributed by atoms with E-state index in [0.717, 1.165) is 18.5 Å². The molecule has 2 aromatic rings. The van der Waals surface area contributed by atoms with Gasteiger partial charge in [0.2, 0.25) is 0 Å². The van der Waals surface area contributed by atoms with Crippen molar-refractivity contribution in [2.45, 2.75) is 72.4 Å². The number of amides is 1. The lowest BCUT2D eigenvalue weighted by Crippen LogP contribution is -2.43. The quantitative estimate of drug-likeness (QED) is 0.486. The molecule has 0 saturated carbocycles. The van der Waals surface area contributed by atoms with Gasteiger partial charge in [-0.2, -0.15) is 0 Å². The Morgan fingerprint density at radius 2 is 1.53 bits per heavy atom. The van der Waals surface area contributed by atoms with Crippen molar-refractivity contribution in [3.05, 3.63) is 54.1 Å². The summed E-state index contributed by atoms with van der Waals surface area (Å²) in [5, 5.41) is 6.46. The summed E-state index contributed by atoms with van der Waals surface area (Å²) in [5.74, 6) is 0.477. The van der Waals surface area contributed by atoms with Crippen LogP contribution < -0.4 is 10.6 Å². The number of ether oxygens (including phenoxy) is 1. The number of nitrogens with one attached hydrogen (secondary N) is 2. The van der Waals surface area contributed by atoms with Crippen LogP contribution in [0.5, 0.6) is 0 Å². The van der Waals surface area contributed by atoms with Crippen LogP contribution in [0, 0.1) is 5.92 Å². The van der Waals surface area contributed by atoms with Gasteiger partial charge in [-0.25, -0.2) is 4.79 Å². The van der Waals surface area contributed by atoms with Crippen molar-refractivity contribution in [1.82, 2.24) is 5.32 Å². The summed E-state index contributed by atoms with van der Waals surface area (Å²) >= 11 is 0. The van der Waals surface area contributed by atoms with E-state index in [4.69, 9.17) is 4.74 Å². The first-order valence-electron chi connectivity index (χ1n) is 11.1. The fourth-order valence-corrected chi connectivity index (χ4v) is 3.41. The molecule has 0 saturated heterocycles. The molecule has 0 fully saturated rings. The van der Waals surface area contributed by atoms with Crippen LogP contribution in [0.2, 0.25) is 0 Å². The largest absolute Gasteiger partial charge is 0.444 e. The predicted molar refractivity (Wildman–Crippen MR) is 127 cm³/mol. The Morgan fingerprint density at radius 3 is 2.03 bits per heavy atom. The van der Waals surface area contributed by atoms with Gasteiger partial charge in [0.25, 0.3) is 0 Å². The van der Waals surface area contributed by atoms with Gasteiger partial charge in [0.15, 0.2) is 0 Å². The molecule has 2 rings (SSSR count). The number of hydrogen-bond acceptors (Lipinski definition) is 3. The smallest absolute Gasteiger partial charge is 0.407 e. The lowest BCUT2D eigenvalue weighted by Gasteiger charge is -2.25. The Morgan fingerprint density at radius 1 is 0.967 bits per heavy atom. The van der Waals surface area contributed by atoms with Crippen LogP contribution in [0.4, 0.5) is 10.5 Å². The van der Waals surface area contributed by atoms with Crippen LogP contribution in [0.3, 0.4) is 0 Å². The van der Waals surface area contributed by atoms with Crippen LogP contribution >= 0.6 is 0 Å². The second-order valence-electron chi connectivity index (χ2n) is 9.38. The molecule has 1 amide bonds. The van der Waals surface area contributed by atoms with Crippen molar-refractivity contribution in [3.8, 4) is 11.1 Å². The van der Waals surface area contributed by atoms with Gasteiger partial charge in [-0.1, -0.05) is 63.6 Å². The highest BCUT2D eigenvalue weighted by Gasteiger charge is 2.20. The molecular weight excluding hydrogens is 372 g/mol. The first-order chi connectivity index (χ1) is 14.2. The first-order valence-corrected chi connectivity index (χ1v) is 11.1. The fourth-order valence-electron chi connectivity index (χ4n) is 3.41. The second-order valence-corrected chi connectivity index (χ2v) is 9.38. The Hall–Kier alpha value is -2.49. The number of anilines is 1. The molecule has 0 aliphatic rings. The summed E-state index contributed by atoms with van der Waals surface area (Å²) in [7, 11) is 0. The molecule has 4 nitrogen and oxygen atoms in total. The third-order valence-electron chi connectivity index (χ3n) is 4.74. The highest BCUT2D eigenvalue weighted by atomic mass is 16.6. The Kier molecular flexibility index (Phi) is 8.76. The van der Waals surface area contributed by atoms with Crippen molar-refractivity contribution in [1.29, 1.82) is 0 Å². The van der Waals surface area contributed by atoms with Gasteiger partial charge >= 0.3 is 6.09 Å². The Bertz CT molecular complexity index is 774. The van der Waals surface area contributed by atoms with E-state index in [-0.39, 0.29) is 12.1 Å². The third kappa shape index (κ3) is 8.48. The van der Waals surface area contributed by atoms with Crippen LogP contribution in [0.15, 0.2) is 48.5 Å². The Labute approximate surface area is 182 Å². The van der Waals surface area contributed by atoms with Gasteiger partial charge < -0.3 is 15.4 Å². The standard InChI is InChI=1S/C26H38N2O2/c1-7-8-20-9-11-21(12-10-20)22-13-15-23(16-14-22)27-18-24(17-19(2)3)28-25(29)30-26(4,5)6/h9-16,19,24,27H,7-8,17-18H2,1-6H3,(H,28,29). The summed E-state index contributed by atoms with van der Waals surface area (Å²) in [6.45, 7) is 12.8. The highest BCUT2D eigenvalue weighted by Crippen LogP contribution is 2.22. The van der Waals surface area contributed by atoms with E-state index in [1.165, 1.54) is 23.1 Å². The first kappa shape index (κ1) is 23.8. The maximum atomic E-state index is 12.2. The monoisotopic (exact) mass is 410 g/mol. The van der Waals surface area contributed by atoms with Crippen LogP contribution in [0.25, 0.3) is 11.1 Å². The molecule has 0 aromatic heterocycles. The molecule has 2 N–H and O–H groups in total. The van der Waals surface area contributed by atoms with Crippen molar-refractivity contribution in [2.24, 2.45) is 5.92 Å². The second kappa shape index (κ2) is 11.1. The lowest BCUT2D eigenvalue weighted by atomic mass is 10.0. The number of carbonyl (C=O) groups excluding carboxylic acids is 1. The van der Waals surface area contributed by atoms with E-state index in [2.05, 4.69) is 79.9 Å². The molecule has 0 bridgehead atoms. The van der Waals surface area contributed by atoms with Gasteiger partial charge in [-0.3, -0.25) is 0 Å². The average molecular weight is 411 g/mol. The summed E-state index contributed by atoms with van der Waals surface area (Å²) in [5.41, 5.74) is 4.36. The predicted octanol–water partition coefficient (Wildman–Crippen LogP) is 6.66. The van der Waals surface area contributed by atoms with E-state index < -0.39 is 5.60 Å². The van der Waals surface area contributed by atoms with E-state index in [1.54, 1.807) is 0 Å². The number of alkyl carbamates (subject to hydrolysis) is 1. The van der Waals surface area contributed by atoms with E-state index in [0.29, 0.717) is 12.5 Å². The van der Waals surface area contributed by atoms with Crippen LogP contribution in [0.1, 0.15) is 59.9 Å². The van der Waals surface area contributed by atoms with E-state index in [9.17, 15) is 4.79 Å². The van der Waals surface area contributed by atoms with Crippen molar-refractivity contribution in [3.63, 3.8) is 0 Å². The maximum Gasteiger partial charge on any atom is 0.407 e. The Balaban J connectivity index is 1.95. The van der Waals surface area contributed by atoms with Crippen LogP contribution in [-0.4, -0.2) is 24.3 Å². The summed E-state index contributed by atoms with van der Waals surface area (Å²) in [4.78, 5) is 12.2. The molecule has 30 heavy (non-hydrogen) atoms. The molecule has 4 heteroatoms. The molecular formula is C26H38N2O2.